The van der Waals surface area contributed by atoms with Gasteiger partial charge in [-0.3, -0.25) is 0 Å². The van der Waals surface area contributed by atoms with E-state index in [2.05, 4.69) is 114 Å². The molecule has 0 aliphatic carbocycles. The van der Waals surface area contributed by atoms with Crippen molar-refractivity contribution in [2.24, 2.45) is 10.8 Å². The normalized spacial score (nSPS) is 13.5. The summed E-state index contributed by atoms with van der Waals surface area (Å²) < 4.78 is 0. The van der Waals surface area contributed by atoms with Gasteiger partial charge in [0.25, 0.3) is 0 Å². The summed E-state index contributed by atoms with van der Waals surface area (Å²) in [6.45, 7) is 29.0. The average Bonchev–Trinajstić information content (AvgIpc) is 2.69. The number of hydrogen-bond acceptors (Lipinski definition) is 2. The van der Waals surface area contributed by atoms with Gasteiger partial charge >= 0.3 is 0 Å². The van der Waals surface area contributed by atoms with Crippen molar-refractivity contribution in [3.05, 3.63) is 57.6 Å². The van der Waals surface area contributed by atoms with Gasteiger partial charge in [-0.25, -0.2) is 0 Å². The van der Waals surface area contributed by atoms with E-state index in [1.807, 2.05) is 0 Å². The summed E-state index contributed by atoms with van der Waals surface area (Å²) in [5.41, 5.74) is 6.25. The van der Waals surface area contributed by atoms with E-state index in [0.29, 0.717) is 11.5 Å². The summed E-state index contributed by atoms with van der Waals surface area (Å²) in [5, 5.41) is 23.4. The van der Waals surface area contributed by atoms with E-state index in [1.54, 1.807) is 0 Å². The lowest BCUT2D eigenvalue weighted by molar-refractivity contribution is 0.278. The first-order valence-corrected chi connectivity index (χ1v) is 13.9. The molecule has 0 unspecified atom stereocenters. The molecule has 36 heavy (non-hydrogen) atoms. The van der Waals surface area contributed by atoms with Crippen molar-refractivity contribution in [1.29, 1.82) is 0 Å². The Bertz CT molecular complexity index is 973. The van der Waals surface area contributed by atoms with Crippen LogP contribution in [0, 0.1) is 10.8 Å². The summed E-state index contributed by atoms with van der Waals surface area (Å²) in [6.07, 6.45) is 3.75. The van der Waals surface area contributed by atoms with Crippen LogP contribution >= 0.6 is 0 Å². The molecule has 2 heteroatoms. The first kappa shape index (κ1) is 30.3. The largest absolute Gasteiger partial charge is 0.507 e. The quantitative estimate of drug-likeness (QED) is 0.383. The van der Waals surface area contributed by atoms with Crippen LogP contribution in [0.5, 0.6) is 11.5 Å². The Morgan fingerprint density at radius 1 is 0.583 bits per heavy atom. The zero-order chi connectivity index (χ0) is 27.9. The van der Waals surface area contributed by atoms with Crippen molar-refractivity contribution < 1.29 is 10.2 Å². The van der Waals surface area contributed by atoms with Crippen molar-refractivity contribution in [3.8, 4) is 11.5 Å². The fraction of sp³-hybridized carbons (Fsp3) is 0.647. The summed E-state index contributed by atoms with van der Waals surface area (Å²) in [5.74, 6) is 0.632. The summed E-state index contributed by atoms with van der Waals surface area (Å²) in [6, 6.07) is 8.68. The van der Waals surface area contributed by atoms with Gasteiger partial charge in [-0.2, -0.15) is 0 Å². The third kappa shape index (κ3) is 7.08. The molecule has 0 aliphatic heterocycles. The third-order valence-electron chi connectivity index (χ3n) is 7.55. The van der Waals surface area contributed by atoms with Gasteiger partial charge < -0.3 is 10.2 Å². The molecule has 2 N–H and O–H groups in total. The highest BCUT2D eigenvalue weighted by molar-refractivity contribution is 5.56. The van der Waals surface area contributed by atoms with Crippen LogP contribution in [0.1, 0.15) is 142 Å². The lowest BCUT2D eigenvalue weighted by Gasteiger charge is -2.35. The molecule has 0 aliphatic rings. The highest BCUT2D eigenvalue weighted by atomic mass is 16.3. The topological polar surface area (TPSA) is 40.5 Å². The molecule has 0 saturated heterocycles. The zero-order valence-corrected chi connectivity index (χ0v) is 25.6. The van der Waals surface area contributed by atoms with Gasteiger partial charge in [-0.1, -0.05) is 114 Å². The van der Waals surface area contributed by atoms with Gasteiger partial charge in [0.2, 0.25) is 0 Å². The molecule has 0 bridgehead atoms. The number of rotatable bonds is 8. The molecular formula is C34H54O2. The van der Waals surface area contributed by atoms with E-state index in [0.717, 1.165) is 47.9 Å². The number of phenols is 2. The monoisotopic (exact) mass is 494 g/mol. The van der Waals surface area contributed by atoms with Crippen molar-refractivity contribution >= 4 is 0 Å². The van der Waals surface area contributed by atoms with Crippen molar-refractivity contribution in [2.75, 3.05) is 0 Å². The highest BCUT2D eigenvalue weighted by Gasteiger charge is 2.34. The SMILES string of the molecule is CCc1cc(C(C)c2cc(CC)cc(C(C)(C)CC(C)(C)C)c2O)c(O)c(C(C)(C)CC(C)(C)C)c1. The fourth-order valence-electron chi connectivity index (χ4n) is 6.55. The zero-order valence-electron chi connectivity index (χ0n) is 25.6. The Kier molecular flexibility index (Phi) is 8.76. The number of benzene rings is 2. The van der Waals surface area contributed by atoms with E-state index in [-0.39, 0.29) is 27.6 Å². The molecule has 0 atom stereocenters. The second-order valence-corrected chi connectivity index (χ2v) is 14.8. The molecule has 0 radical (unpaired) electrons. The van der Waals surface area contributed by atoms with Crippen LogP contribution in [0.2, 0.25) is 0 Å². The van der Waals surface area contributed by atoms with Gasteiger partial charge in [0.05, 0.1) is 0 Å². The molecule has 0 amide bonds. The standard InChI is InChI=1S/C34H54O2/c1-14-23-16-25(29(35)27(18-23)33(10,11)20-31(4,5)6)22(3)26-17-24(15-2)19-28(30(26)36)34(12,13)21-32(7,8)9/h16-19,22,35-36H,14-15,20-21H2,1-13H3. The minimum Gasteiger partial charge on any atom is -0.507 e. The predicted molar refractivity (Wildman–Crippen MR) is 157 cm³/mol. The number of aryl methyl sites for hydroxylation is 2. The smallest absolute Gasteiger partial charge is 0.123 e. The number of hydrogen-bond donors (Lipinski definition) is 2. The minimum atomic E-state index is -0.171. The summed E-state index contributed by atoms with van der Waals surface area (Å²) in [4.78, 5) is 0. The maximum absolute atomic E-state index is 11.7. The van der Waals surface area contributed by atoms with Crippen LogP contribution in [-0.4, -0.2) is 10.2 Å². The van der Waals surface area contributed by atoms with Crippen LogP contribution < -0.4 is 0 Å². The maximum Gasteiger partial charge on any atom is 0.123 e. The van der Waals surface area contributed by atoms with Gasteiger partial charge in [-0.05, 0) is 58.5 Å². The van der Waals surface area contributed by atoms with Crippen molar-refractivity contribution in [2.45, 2.75) is 132 Å². The maximum atomic E-state index is 11.7. The minimum absolute atomic E-state index is 0.128. The third-order valence-corrected chi connectivity index (χ3v) is 7.55. The van der Waals surface area contributed by atoms with Gasteiger partial charge in [0.1, 0.15) is 11.5 Å². The van der Waals surface area contributed by atoms with Crippen LogP contribution in [0.3, 0.4) is 0 Å². The van der Waals surface area contributed by atoms with E-state index in [4.69, 9.17) is 0 Å². The van der Waals surface area contributed by atoms with Crippen LogP contribution in [0.25, 0.3) is 0 Å². The van der Waals surface area contributed by atoms with E-state index in [1.165, 1.54) is 11.1 Å². The first-order chi connectivity index (χ1) is 16.2. The molecular weight excluding hydrogens is 440 g/mol. The highest BCUT2D eigenvalue weighted by Crippen LogP contribution is 2.48. The van der Waals surface area contributed by atoms with Gasteiger partial charge in [0.15, 0.2) is 0 Å². The Hall–Kier alpha value is -1.96. The molecule has 0 saturated carbocycles. The molecule has 0 heterocycles. The molecule has 2 nitrogen and oxygen atoms in total. The Balaban J connectivity index is 2.75. The van der Waals surface area contributed by atoms with Crippen LogP contribution in [0.4, 0.5) is 0 Å². The number of aromatic hydroxyl groups is 2. The number of phenolic OH excluding ortho intramolecular Hbond substituents is 2. The predicted octanol–water partition coefficient (Wildman–Crippen LogP) is 9.80. The lowest BCUT2D eigenvalue weighted by atomic mass is 9.70. The van der Waals surface area contributed by atoms with Crippen LogP contribution in [0.15, 0.2) is 24.3 Å². The first-order valence-electron chi connectivity index (χ1n) is 13.9. The van der Waals surface area contributed by atoms with Crippen molar-refractivity contribution in [3.63, 3.8) is 0 Å². The summed E-state index contributed by atoms with van der Waals surface area (Å²) in [7, 11) is 0. The van der Waals surface area contributed by atoms with Crippen molar-refractivity contribution in [1.82, 2.24) is 0 Å². The second-order valence-electron chi connectivity index (χ2n) is 14.8. The molecule has 2 rings (SSSR count). The molecule has 0 aromatic heterocycles. The van der Waals surface area contributed by atoms with Gasteiger partial charge in [0, 0.05) is 28.2 Å². The van der Waals surface area contributed by atoms with E-state index >= 15 is 0 Å². The van der Waals surface area contributed by atoms with Crippen LogP contribution in [-0.2, 0) is 23.7 Å². The molecule has 0 spiro atoms. The fourth-order valence-corrected chi connectivity index (χ4v) is 6.55. The lowest BCUT2D eigenvalue weighted by Crippen LogP contribution is -2.26. The Morgan fingerprint density at radius 2 is 0.889 bits per heavy atom. The summed E-state index contributed by atoms with van der Waals surface area (Å²) >= 11 is 0. The molecule has 202 valence electrons. The molecule has 2 aromatic carbocycles. The molecule has 2 aromatic rings. The average molecular weight is 495 g/mol. The second kappa shape index (κ2) is 10.4. The van der Waals surface area contributed by atoms with E-state index in [9.17, 15) is 10.2 Å². The van der Waals surface area contributed by atoms with E-state index < -0.39 is 0 Å². The van der Waals surface area contributed by atoms with Gasteiger partial charge in [-0.15, -0.1) is 0 Å². The Morgan fingerprint density at radius 3 is 1.14 bits per heavy atom. The molecule has 0 fully saturated rings. The Labute approximate surface area is 222 Å².